The van der Waals surface area contributed by atoms with E-state index in [4.69, 9.17) is 4.74 Å². The third kappa shape index (κ3) is 2.37. The minimum Gasteiger partial charge on any atom is -0.379 e. The highest BCUT2D eigenvalue weighted by Crippen LogP contribution is 2.25. The summed E-state index contributed by atoms with van der Waals surface area (Å²) < 4.78 is 5.44. The average molecular weight is 232 g/mol. The van der Waals surface area contributed by atoms with Gasteiger partial charge in [0.25, 0.3) is 0 Å². The van der Waals surface area contributed by atoms with Crippen LogP contribution in [0.25, 0.3) is 0 Å². The molecule has 1 N–H and O–H groups in total. The van der Waals surface area contributed by atoms with Crippen molar-refractivity contribution in [2.45, 2.75) is 19.0 Å². The summed E-state index contributed by atoms with van der Waals surface area (Å²) in [5.41, 5.74) is 2.97. The molecule has 1 saturated heterocycles. The summed E-state index contributed by atoms with van der Waals surface area (Å²) in [6, 6.07) is 8.85. The van der Waals surface area contributed by atoms with E-state index in [9.17, 15) is 0 Å². The van der Waals surface area contributed by atoms with E-state index in [0.717, 1.165) is 32.8 Å². The summed E-state index contributed by atoms with van der Waals surface area (Å²) in [5, 5.41) is 3.68. The molecule has 2 heterocycles. The molecular weight excluding hydrogens is 212 g/mol. The van der Waals surface area contributed by atoms with Gasteiger partial charge in [0.15, 0.2) is 0 Å². The molecule has 0 radical (unpaired) electrons. The number of nitrogens with zero attached hydrogens (tertiary/aromatic N) is 1. The Kier molecular flexibility index (Phi) is 3.41. The van der Waals surface area contributed by atoms with Crippen molar-refractivity contribution in [2.75, 3.05) is 32.8 Å². The molecule has 92 valence electrons. The summed E-state index contributed by atoms with van der Waals surface area (Å²) in [7, 11) is 0. The van der Waals surface area contributed by atoms with E-state index in [0.29, 0.717) is 6.17 Å². The van der Waals surface area contributed by atoms with Crippen molar-refractivity contribution < 1.29 is 4.74 Å². The molecule has 3 rings (SSSR count). The lowest BCUT2D eigenvalue weighted by Gasteiger charge is -2.35. The molecule has 1 aromatic carbocycles. The van der Waals surface area contributed by atoms with Crippen LogP contribution in [0.5, 0.6) is 0 Å². The number of nitrogens with one attached hydrogen (secondary N) is 1. The van der Waals surface area contributed by atoms with Gasteiger partial charge in [-0.05, 0) is 30.5 Å². The first-order valence-corrected chi connectivity index (χ1v) is 6.58. The maximum Gasteiger partial charge on any atom is 0.0865 e. The second-order valence-electron chi connectivity index (χ2n) is 4.81. The Balaban J connectivity index is 1.88. The standard InChI is InChI=1S/C14H20N2O/c1-2-6-13-12(4-1)5-3-7-15-14(13)16-8-10-17-11-9-16/h1-2,4,6,14-15H,3,5,7-11H2. The fraction of sp³-hybridized carbons (Fsp3) is 0.571. The van der Waals surface area contributed by atoms with Gasteiger partial charge in [0.05, 0.1) is 19.4 Å². The number of hydrogen-bond acceptors (Lipinski definition) is 3. The Morgan fingerprint density at radius 1 is 1.18 bits per heavy atom. The van der Waals surface area contributed by atoms with Gasteiger partial charge in [-0.25, -0.2) is 0 Å². The molecule has 0 amide bonds. The van der Waals surface area contributed by atoms with Crippen LogP contribution in [-0.2, 0) is 11.2 Å². The highest BCUT2D eigenvalue weighted by Gasteiger charge is 2.25. The quantitative estimate of drug-likeness (QED) is 0.795. The normalized spacial score (nSPS) is 26.2. The van der Waals surface area contributed by atoms with Crippen LogP contribution in [-0.4, -0.2) is 37.7 Å². The highest BCUT2D eigenvalue weighted by atomic mass is 16.5. The van der Waals surface area contributed by atoms with Crippen molar-refractivity contribution in [1.29, 1.82) is 0 Å². The van der Waals surface area contributed by atoms with E-state index in [-0.39, 0.29) is 0 Å². The molecule has 0 saturated carbocycles. The molecule has 1 aromatic rings. The topological polar surface area (TPSA) is 24.5 Å². The number of ether oxygens (including phenoxy) is 1. The molecule has 1 fully saturated rings. The van der Waals surface area contributed by atoms with Crippen LogP contribution >= 0.6 is 0 Å². The van der Waals surface area contributed by atoms with Crippen molar-refractivity contribution in [3.63, 3.8) is 0 Å². The van der Waals surface area contributed by atoms with Gasteiger partial charge in [-0.15, -0.1) is 0 Å². The first-order chi connectivity index (χ1) is 8.45. The van der Waals surface area contributed by atoms with Crippen LogP contribution in [0.3, 0.4) is 0 Å². The highest BCUT2D eigenvalue weighted by molar-refractivity contribution is 5.31. The molecule has 1 atom stereocenters. The molecule has 3 nitrogen and oxygen atoms in total. The lowest BCUT2D eigenvalue weighted by Crippen LogP contribution is -2.44. The van der Waals surface area contributed by atoms with Crippen molar-refractivity contribution in [2.24, 2.45) is 0 Å². The molecule has 1 unspecified atom stereocenters. The van der Waals surface area contributed by atoms with Gasteiger partial charge in [-0.2, -0.15) is 0 Å². The Morgan fingerprint density at radius 2 is 2.00 bits per heavy atom. The fourth-order valence-corrected chi connectivity index (χ4v) is 2.82. The van der Waals surface area contributed by atoms with Crippen molar-refractivity contribution in [1.82, 2.24) is 10.2 Å². The SMILES string of the molecule is c1ccc2c(c1)CCCNC2N1CCOCC1. The zero-order valence-electron chi connectivity index (χ0n) is 10.2. The van der Waals surface area contributed by atoms with Crippen molar-refractivity contribution in [3.05, 3.63) is 35.4 Å². The Labute approximate surface area is 103 Å². The van der Waals surface area contributed by atoms with Crippen LogP contribution in [0.1, 0.15) is 23.7 Å². The molecule has 3 heteroatoms. The third-order valence-electron chi connectivity index (χ3n) is 3.72. The second-order valence-corrected chi connectivity index (χ2v) is 4.81. The zero-order valence-corrected chi connectivity index (χ0v) is 10.2. The molecule has 17 heavy (non-hydrogen) atoms. The number of benzene rings is 1. The lowest BCUT2D eigenvalue weighted by atomic mass is 10.0. The maximum absolute atomic E-state index is 5.44. The van der Waals surface area contributed by atoms with Crippen LogP contribution in [0.4, 0.5) is 0 Å². The summed E-state index contributed by atoms with van der Waals surface area (Å²) in [5.74, 6) is 0. The van der Waals surface area contributed by atoms with E-state index in [2.05, 4.69) is 34.5 Å². The van der Waals surface area contributed by atoms with Gasteiger partial charge < -0.3 is 4.74 Å². The minimum absolute atomic E-state index is 0.387. The van der Waals surface area contributed by atoms with Gasteiger partial charge in [0, 0.05) is 13.1 Å². The smallest absolute Gasteiger partial charge is 0.0865 e. The number of rotatable bonds is 1. The van der Waals surface area contributed by atoms with Crippen LogP contribution in [0.2, 0.25) is 0 Å². The van der Waals surface area contributed by atoms with E-state index in [1.54, 1.807) is 0 Å². The number of hydrogen-bond donors (Lipinski definition) is 1. The first kappa shape index (κ1) is 11.2. The molecule has 2 aliphatic rings. The minimum atomic E-state index is 0.387. The number of fused-ring (bicyclic) bond motifs is 1. The predicted molar refractivity (Wildman–Crippen MR) is 67.9 cm³/mol. The summed E-state index contributed by atoms with van der Waals surface area (Å²) >= 11 is 0. The first-order valence-electron chi connectivity index (χ1n) is 6.58. The predicted octanol–water partition coefficient (Wildman–Crippen LogP) is 1.55. The second kappa shape index (κ2) is 5.17. The van der Waals surface area contributed by atoms with Gasteiger partial charge in [-0.3, -0.25) is 10.2 Å². The third-order valence-corrected chi connectivity index (χ3v) is 3.72. The zero-order chi connectivity index (χ0) is 11.5. The van der Waals surface area contributed by atoms with E-state index < -0.39 is 0 Å². The fourth-order valence-electron chi connectivity index (χ4n) is 2.82. The summed E-state index contributed by atoms with van der Waals surface area (Å²) in [6.07, 6.45) is 2.82. The van der Waals surface area contributed by atoms with Crippen LogP contribution < -0.4 is 5.32 Å². The number of aryl methyl sites for hydroxylation is 1. The van der Waals surface area contributed by atoms with Gasteiger partial charge in [0.1, 0.15) is 0 Å². The summed E-state index contributed by atoms with van der Waals surface area (Å²) in [4.78, 5) is 2.51. The molecule has 0 spiro atoms. The van der Waals surface area contributed by atoms with E-state index in [1.165, 1.54) is 24.0 Å². The molecular formula is C14H20N2O. The largest absolute Gasteiger partial charge is 0.379 e. The average Bonchev–Trinajstić information content (AvgIpc) is 2.62. The van der Waals surface area contributed by atoms with E-state index >= 15 is 0 Å². The van der Waals surface area contributed by atoms with Crippen molar-refractivity contribution >= 4 is 0 Å². The molecule has 0 bridgehead atoms. The number of morpholine rings is 1. The maximum atomic E-state index is 5.44. The molecule has 2 aliphatic heterocycles. The van der Waals surface area contributed by atoms with Gasteiger partial charge in [-0.1, -0.05) is 24.3 Å². The lowest BCUT2D eigenvalue weighted by molar-refractivity contribution is 0.00866. The van der Waals surface area contributed by atoms with E-state index in [1.807, 2.05) is 0 Å². The Hall–Kier alpha value is -0.900. The van der Waals surface area contributed by atoms with Crippen LogP contribution in [0.15, 0.2) is 24.3 Å². The van der Waals surface area contributed by atoms with Gasteiger partial charge in [0.2, 0.25) is 0 Å². The molecule has 0 aliphatic carbocycles. The summed E-state index contributed by atoms with van der Waals surface area (Å²) in [6.45, 7) is 4.90. The Bertz CT molecular complexity index is 374. The van der Waals surface area contributed by atoms with Crippen molar-refractivity contribution in [3.8, 4) is 0 Å². The molecule has 0 aromatic heterocycles. The van der Waals surface area contributed by atoms with Gasteiger partial charge >= 0.3 is 0 Å². The van der Waals surface area contributed by atoms with Crippen LogP contribution in [0, 0.1) is 0 Å². The monoisotopic (exact) mass is 232 g/mol. The Morgan fingerprint density at radius 3 is 2.88 bits per heavy atom.